The third-order valence-corrected chi connectivity index (χ3v) is 6.07. The molecule has 1 aromatic heterocycles. The van der Waals surface area contributed by atoms with Crippen LogP contribution in [0.4, 0.5) is 14.5 Å². The van der Waals surface area contributed by atoms with E-state index in [9.17, 15) is 22.0 Å². The minimum absolute atomic E-state index is 0.0986. The van der Waals surface area contributed by atoms with Crippen molar-refractivity contribution in [3.05, 3.63) is 39.6 Å². The number of H-pyrrole nitrogens is 1. The summed E-state index contributed by atoms with van der Waals surface area (Å²) in [4.78, 5) is 13.4. The summed E-state index contributed by atoms with van der Waals surface area (Å²) in [6.45, 7) is 1.48. The van der Waals surface area contributed by atoms with Gasteiger partial charge >= 0.3 is 4.87 Å². The van der Waals surface area contributed by atoms with Crippen LogP contribution in [0.5, 0.6) is 0 Å². The van der Waals surface area contributed by atoms with Crippen LogP contribution in [0, 0.1) is 6.92 Å². The highest BCUT2D eigenvalue weighted by Crippen LogP contribution is 2.27. The summed E-state index contributed by atoms with van der Waals surface area (Å²) in [5.74, 6) is -2.53. The van der Waals surface area contributed by atoms with E-state index < -0.39 is 20.7 Å². The average Bonchev–Trinajstić information content (AvgIpc) is 2.71. The highest BCUT2D eigenvalue weighted by atomic mass is 32.2. The Hall–Kier alpha value is -1.39. The number of aromatic amines is 1. The Morgan fingerprint density at radius 1 is 1.29 bits per heavy atom. The van der Waals surface area contributed by atoms with Gasteiger partial charge in [0.05, 0.1) is 0 Å². The molecule has 0 fully saturated rings. The molecule has 0 aliphatic heterocycles. The van der Waals surface area contributed by atoms with E-state index >= 15 is 0 Å². The number of anilines is 1. The Kier molecular flexibility index (Phi) is 4.69. The molecule has 5 nitrogen and oxygen atoms in total. The van der Waals surface area contributed by atoms with Gasteiger partial charge in [-0.1, -0.05) is 23.1 Å². The first-order chi connectivity index (χ1) is 9.78. The maximum Gasteiger partial charge on any atom is 0.306 e. The Balaban J connectivity index is 2.21. The number of rotatable bonds is 5. The molecule has 1 aromatic carbocycles. The molecule has 0 aliphatic rings. The molecule has 0 amide bonds. The Bertz CT molecular complexity index is 782. The molecule has 0 atom stereocenters. The van der Waals surface area contributed by atoms with E-state index in [2.05, 4.69) is 9.71 Å². The van der Waals surface area contributed by atoms with Crippen molar-refractivity contribution in [2.75, 3.05) is 4.72 Å². The zero-order valence-corrected chi connectivity index (χ0v) is 13.0. The van der Waals surface area contributed by atoms with Crippen LogP contribution < -0.4 is 9.60 Å². The first-order valence-electron chi connectivity index (χ1n) is 5.55. The van der Waals surface area contributed by atoms with Crippen LogP contribution in [0.15, 0.2) is 38.2 Å². The molecule has 0 radical (unpaired) electrons. The summed E-state index contributed by atoms with van der Waals surface area (Å²) in [6, 6.07) is 5.54. The number of nitrogens with one attached hydrogen (secondary N) is 2. The van der Waals surface area contributed by atoms with Crippen LogP contribution >= 0.6 is 23.1 Å². The van der Waals surface area contributed by atoms with E-state index in [0.29, 0.717) is 28.0 Å². The monoisotopic (exact) mass is 352 g/mol. The van der Waals surface area contributed by atoms with Crippen molar-refractivity contribution in [1.29, 1.82) is 0 Å². The zero-order valence-electron chi connectivity index (χ0n) is 10.6. The van der Waals surface area contributed by atoms with Crippen LogP contribution in [0.25, 0.3) is 0 Å². The molecule has 2 N–H and O–H groups in total. The summed E-state index contributed by atoms with van der Waals surface area (Å²) < 4.78 is 50.8. The summed E-state index contributed by atoms with van der Waals surface area (Å²) in [6.07, 6.45) is 0. The van der Waals surface area contributed by atoms with E-state index in [-0.39, 0.29) is 15.6 Å². The van der Waals surface area contributed by atoms with Gasteiger partial charge in [-0.15, -0.1) is 0 Å². The molecular formula is C11H10F2N2O3S3. The second kappa shape index (κ2) is 6.16. The summed E-state index contributed by atoms with van der Waals surface area (Å²) in [7, 11) is -3.88. The molecule has 2 aromatic rings. The van der Waals surface area contributed by atoms with Gasteiger partial charge in [-0.05, 0) is 31.2 Å². The molecule has 0 saturated carbocycles. The van der Waals surface area contributed by atoms with Gasteiger partial charge in [-0.25, -0.2) is 8.42 Å². The summed E-state index contributed by atoms with van der Waals surface area (Å²) in [5.41, 5.74) is 0.483. The second-order valence-electron chi connectivity index (χ2n) is 3.94. The van der Waals surface area contributed by atoms with E-state index in [1.54, 1.807) is 0 Å². The predicted octanol–water partition coefficient (Wildman–Crippen LogP) is 2.86. The van der Waals surface area contributed by atoms with Crippen LogP contribution in [0.3, 0.4) is 0 Å². The number of thiazole rings is 1. The van der Waals surface area contributed by atoms with Crippen molar-refractivity contribution in [3.8, 4) is 0 Å². The largest absolute Gasteiger partial charge is 0.315 e. The van der Waals surface area contributed by atoms with Crippen molar-refractivity contribution in [2.45, 2.75) is 21.8 Å². The number of aromatic nitrogens is 1. The number of hydrogen-bond donors (Lipinski definition) is 2. The normalized spacial score (nSPS) is 11.8. The highest BCUT2D eigenvalue weighted by Gasteiger charge is 2.20. The predicted molar refractivity (Wildman–Crippen MR) is 78.8 cm³/mol. The fourth-order valence-electron chi connectivity index (χ4n) is 1.55. The fraction of sp³-hybridized carbons (Fsp3) is 0.182. The van der Waals surface area contributed by atoms with Crippen molar-refractivity contribution >= 4 is 38.8 Å². The Labute approximate surface area is 127 Å². The maximum absolute atomic E-state index is 12.2. The van der Waals surface area contributed by atoms with Crippen LogP contribution in [0.1, 0.15) is 5.69 Å². The average molecular weight is 352 g/mol. The lowest BCUT2D eigenvalue weighted by Crippen LogP contribution is -2.12. The minimum atomic E-state index is -3.88. The Morgan fingerprint density at radius 3 is 2.38 bits per heavy atom. The number of hydrogen-bond acceptors (Lipinski definition) is 5. The van der Waals surface area contributed by atoms with Gasteiger partial charge in [-0.2, -0.15) is 8.78 Å². The smallest absolute Gasteiger partial charge is 0.306 e. The quantitative estimate of drug-likeness (QED) is 0.811. The molecule has 0 saturated heterocycles. The summed E-state index contributed by atoms with van der Waals surface area (Å²) in [5, 5.41) is 0. The number of sulfonamides is 1. The van der Waals surface area contributed by atoms with Crippen molar-refractivity contribution in [1.82, 2.24) is 4.98 Å². The number of aryl methyl sites for hydroxylation is 1. The molecule has 0 bridgehead atoms. The Morgan fingerprint density at radius 2 is 1.90 bits per heavy atom. The molecule has 114 valence electrons. The lowest BCUT2D eigenvalue weighted by Gasteiger charge is -2.07. The van der Waals surface area contributed by atoms with Gasteiger partial charge in [0.2, 0.25) is 0 Å². The lowest BCUT2D eigenvalue weighted by atomic mass is 10.3. The lowest BCUT2D eigenvalue weighted by molar-refractivity contribution is 0.252. The minimum Gasteiger partial charge on any atom is -0.315 e. The number of benzene rings is 1. The second-order valence-corrected chi connectivity index (χ2v) is 7.86. The van der Waals surface area contributed by atoms with E-state index in [1.807, 2.05) is 0 Å². The molecule has 0 unspecified atom stereocenters. The van der Waals surface area contributed by atoms with Gasteiger partial charge in [0.1, 0.15) is 0 Å². The number of alkyl halides is 2. The van der Waals surface area contributed by atoms with Crippen LogP contribution in [-0.2, 0) is 10.0 Å². The fourth-order valence-corrected chi connectivity index (χ4v) is 4.41. The third kappa shape index (κ3) is 4.05. The zero-order chi connectivity index (χ0) is 15.6. The molecule has 2 rings (SSSR count). The SMILES string of the molecule is Cc1[nH]c(=O)sc1S(=O)(=O)Nc1ccc(SC(F)F)cc1. The standard InChI is InChI=1S/C11H10F2N2O3S3/c1-6-9(20-11(16)14-6)21(17,18)15-7-2-4-8(5-3-7)19-10(12)13/h2-5,10,15H,1H3,(H,14,16). The molecule has 0 spiro atoms. The van der Waals surface area contributed by atoms with Crippen LogP contribution in [-0.4, -0.2) is 19.2 Å². The third-order valence-electron chi connectivity index (χ3n) is 2.36. The topological polar surface area (TPSA) is 79.0 Å². The van der Waals surface area contributed by atoms with Gasteiger partial charge in [0, 0.05) is 16.3 Å². The summed E-state index contributed by atoms with van der Waals surface area (Å²) >= 11 is 0.960. The first-order valence-corrected chi connectivity index (χ1v) is 8.73. The van der Waals surface area contributed by atoms with E-state index in [0.717, 1.165) is 0 Å². The number of thioether (sulfide) groups is 1. The van der Waals surface area contributed by atoms with Crippen LogP contribution in [0.2, 0.25) is 0 Å². The van der Waals surface area contributed by atoms with Crippen molar-refractivity contribution in [3.63, 3.8) is 0 Å². The van der Waals surface area contributed by atoms with E-state index in [4.69, 9.17) is 0 Å². The molecule has 0 aliphatic carbocycles. The van der Waals surface area contributed by atoms with E-state index in [1.165, 1.54) is 31.2 Å². The van der Waals surface area contributed by atoms with Gasteiger partial charge < -0.3 is 4.98 Å². The van der Waals surface area contributed by atoms with Crippen molar-refractivity contribution in [2.24, 2.45) is 0 Å². The van der Waals surface area contributed by atoms with Gasteiger partial charge in [0.15, 0.2) is 4.21 Å². The van der Waals surface area contributed by atoms with Gasteiger partial charge in [0.25, 0.3) is 15.8 Å². The highest BCUT2D eigenvalue weighted by molar-refractivity contribution is 7.99. The molecule has 21 heavy (non-hydrogen) atoms. The van der Waals surface area contributed by atoms with Crippen molar-refractivity contribution < 1.29 is 17.2 Å². The first kappa shape index (κ1) is 16.0. The molecular weight excluding hydrogens is 342 g/mol. The van der Waals surface area contributed by atoms with Gasteiger partial charge in [-0.3, -0.25) is 9.52 Å². The maximum atomic E-state index is 12.2. The number of halogens is 2. The molecule has 1 heterocycles. The molecule has 10 heteroatoms.